The number of halogens is 1. The SMILES string of the molecule is Cc1c(C(C)NC(=O)C2(CN)CCCC2)cnn1C.Cl. The summed E-state index contributed by atoms with van der Waals surface area (Å²) in [5.74, 6) is 0.100. The van der Waals surface area contributed by atoms with E-state index in [2.05, 4.69) is 10.4 Å². The zero-order chi connectivity index (χ0) is 14.0. The second kappa shape index (κ2) is 6.59. The summed E-state index contributed by atoms with van der Waals surface area (Å²) in [4.78, 5) is 12.5. The summed E-state index contributed by atoms with van der Waals surface area (Å²) in [6.45, 7) is 4.46. The van der Waals surface area contributed by atoms with Crippen LogP contribution < -0.4 is 11.1 Å². The minimum atomic E-state index is -0.343. The lowest BCUT2D eigenvalue weighted by atomic mass is 9.85. The van der Waals surface area contributed by atoms with Gasteiger partial charge in [-0.3, -0.25) is 9.48 Å². The first-order valence-electron chi connectivity index (χ1n) is 7.00. The Balaban J connectivity index is 0.00000200. The molecule has 1 atom stereocenters. The molecule has 114 valence electrons. The monoisotopic (exact) mass is 300 g/mol. The van der Waals surface area contributed by atoms with E-state index in [0.717, 1.165) is 36.9 Å². The van der Waals surface area contributed by atoms with Crippen LogP contribution in [0.25, 0.3) is 0 Å². The van der Waals surface area contributed by atoms with Gasteiger partial charge in [-0.25, -0.2) is 0 Å². The molecule has 1 aromatic rings. The molecule has 1 saturated carbocycles. The summed E-state index contributed by atoms with van der Waals surface area (Å²) in [6.07, 6.45) is 5.85. The standard InChI is InChI=1S/C14H24N4O.ClH/c1-10(12-8-16-18(3)11(12)2)17-13(19)14(9-15)6-4-5-7-14;/h8,10H,4-7,9,15H2,1-3H3,(H,17,19);1H. The fourth-order valence-corrected chi connectivity index (χ4v) is 2.94. The van der Waals surface area contributed by atoms with Gasteiger partial charge in [0, 0.05) is 24.8 Å². The molecule has 0 saturated heterocycles. The van der Waals surface area contributed by atoms with Crippen LogP contribution in [0.15, 0.2) is 6.20 Å². The van der Waals surface area contributed by atoms with E-state index in [-0.39, 0.29) is 29.8 Å². The van der Waals surface area contributed by atoms with E-state index in [1.807, 2.05) is 31.8 Å². The van der Waals surface area contributed by atoms with E-state index in [0.29, 0.717) is 6.54 Å². The summed E-state index contributed by atoms with van der Waals surface area (Å²) in [5, 5.41) is 7.33. The van der Waals surface area contributed by atoms with Gasteiger partial charge >= 0.3 is 0 Å². The van der Waals surface area contributed by atoms with Gasteiger partial charge in [0.25, 0.3) is 0 Å². The Morgan fingerprint density at radius 2 is 2.15 bits per heavy atom. The number of aromatic nitrogens is 2. The molecular formula is C14H25ClN4O. The maximum atomic E-state index is 12.5. The molecule has 1 unspecified atom stereocenters. The number of nitrogens with zero attached hydrogens (tertiary/aromatic N) is 2. The molecule has 1 heterocycles. The Bertz CT molecular complexity index is 466. The van der Waals surface area contributed by atoms with E-state index < -0.39 is 0 Å². The summed E-state index contributed by atoms with van der Waals surface area (Å²) >= 11 is 0. The summed E-state index contributed by atoms with van der Waals surface area (Å²) in [7, 11) is 1.91. The molecule has 0 radical (unpaired) electrons. The number of aryl methyl sites for hydroxylation is 1. The largest absolute Gasteiger partial charge is 0.349 e. The topological polar surface area (TPSA) is 72.9 Å². The van der Waals surface area contributed by atoms with Crippen molar-refractivity contribution < 1.29 is 4.79 Å². The molecule has 0 bridgehead atoms. The molecule has 3 N–H and O–H groups in total. The van der Waals surface area contributed by atoms with Crippen LogP contribution >= 0.6 is 12.4 Å². The van der Waals surface area contributed by atoms with Crippen LogP contribution in [0.3, 0.4) is 0 Å². The van der Waals surface area contributed by atoms with E-state index in [4.69, 9.17) is 5.73 Å². The molecule has 5 nitrogen and oxygen atoms in total. The number of nitrogens with one attached hydrogen (secondary N) is 1. The second-order valence-corrected chi connectivity index (χ2v) is 5.70. The van der Waals surface area contributed by atoms with Crippen LogP contribution in [0, 0.1) is 12.3 Å². The van der Waals surface area contributed by atoms with Crippen molar-refractivity contribution in [1.82, 2.24) is 15.1 Å². The van der Waals surface area contributed by atoms with E-state index in [1.165, 1.54) is 0 Å². The summed E-state index contributed by atoms with van der Waals surface area (Å²) < 4.78 is 1.83. The van der Waals surface area contributed by atoms with Crippen LogP contribution in [0.5, 0.6) is 0 Å². The predicted molar refractivity (Wildman–Crippen MR) is 81.7 cm³/mol. The normalized spacial score (nSPS) is 18.4. The highest BCUT2D eigenvalue weighted by Gasteiger charge is 2.40. The van der Waals surface area contributed by atoms with Gasteiger partial charge in [0.1, 0.15) is 0 Å². The summed E-state index contributed by atoms with van der Waals surface area (Å²) in [6, 6.07) is -0.0229. The number of amides is 1. The van der Waals surface area contributed by atoms with Gasteiger partial charge in [-0.15, -0.1) is 12.4 Å². The van der Waals surface area contributed by atoms with Crippen molar-refractivity contribution in [2.75, 3.05) is 6.54 Å². The number of nitrogens with two attached hydrogens (primary N) is 1. The van der Waals surface area contributed by atoms with Crippen molar-refractivity contribution in [2.24, 2.45) is 18.2 Å². The van der Waals surface area contributed by atoms with Gasteiger partial charge in [0.2, 0.25) is 5.91 Å². The van der Waals surface area contributed by atoms with Crippen LogP contribution in [0.4, 0.5) is 0 Å². The van der Waals surface area contributed by atoms with Gasteiger partial charge < -0.3 is 11.1 Å². The van der Waals surface area contributed by atoms with Crippen molar-refractivity contribution in [1.29, 1.82) is 0 Å². The minimum absolute atomic E-state index is 0. The number of carbonyl (C=O) groups excluding carboxylic acids is 1. The molecule has 1 aliphatic rings. The number of rotatable bonds is 4. The Morgan fingerprint density at radius 1 is 1.55 bits per heavy atom. The lowest BCUT2D eigenvalue weighted by Crippen LogP contribution is -2.45. The molecule has 0 aromatic carbocycles. The number of carbonyl (C=O) groups is 1. The first-order chi connectivity index (χ1) is 9.00. The van der Waals surface area contributed by atoms with Crippen LogP contribution in [0.2, 0.25) is 0 Å². The second-order valence-electron chi connectivity index (χ2n) is 5.70. The smallest absolute Gasteiger partial charge is 0.227 e. The zero-order valence-corrected chi connectivity index (χ0v) is 13.3. The molecule has 1 aromatic heterocycles. The predicted octanol–water partition coefficient (Wildman–Crippen LogP) is 1.85. The van der Waals surface area contributed by atoms with Crippen LogP contribution in [0.1, 0.15) is 49.9 Å². The number of hydrogen-bond donors (Lipinski definition) is 2. The Morgan fingerprint density at radius 3 is 2.60 bits per heavy atom. The first-order valence-corrected chi connectivity index (χ1v) is 7.00. The van der Waals surface area contributed by atoms with Crippen molar-refractivity contribution in [3.05, 3.63) is 17.5 Å². The fraction of sp³-hybridized carbons (Fsp3) is 0.714. The van der Waals surface area contributed by atoms with Crippen molar-refractivity contribution in [3.8, 4) is 0 Å². The quantitative estimate of drug-likeness (QED) is 0.891. The summed E-state index contributed by atoms with van der Waals surface area (Å²) in [5.41, 5.74) is 7.65. The average molecular weight is 301 g/mol. The van der Waals surface area contributed by atoms with Gasteiger partial charge in [0.05, 0.1) is 17.7 Å². The maximum Gasteiger partial charge on any atom is 0.227 e. The van der Waals surface area contributed by atoms with Gasteiger partial charge in [0.15, 0.2) is 0 Å². The van der Waals surface area contributed by atoms with Gasteiger partial charge in [-0.05, 0) is 26.7 Å². The Labute approximate surface area is 126 Å². The highest BCUT2D eigenvalue weighted by Crippen LogP contribution is 2.37. The minimum Gasteiger partial charge on any atom is -0.349 e. The van der Waals surface area contributed by atoms with E-state index >= 15 is 0 Å². The van der Waals surface area contributed by atoms with E-state index in [9.17, 15) is 4.79 Å². The highest BCUT2D eigenvalue weighted by atomic mass is 35.5. The lowest BCUT2D eigenvalue weighted by Gasteiger charge is -2.27. The first kappa shape index (κ1) is 17.0. The maximum absolute atomic E-state index is 12.5. The molecule has 6 heteroatoms. The Kier molecular flexibility index (Phi) is 5.59. The fourth-order valence-electron chi connectivity index (χ4n) is 2.94. The highest BCUT2D eigenvalue weighted by molar-refractivity contribution is 5.85. The molecule has 1 amide bonds. The lowest BCUT2D eigenvalue weighted by molar-refractivity contribution is -0.131. The Hall–Kier alpha value is -1.07. The molecular weight excluding hydrogens is 276 g/mol. The molecule has 1 aliphatic carbocycles. The zero-order valence-electron chi connectivity index (χ0n) is 12.5. The van der Waals surface area contributed by atoms with Gasteiger partial charge in [-0.1, -0.05) is 12.8 Å². The van der Waals surface area contributed by atoms with Crippen molar-refractivity contribution in [2.45, 2.75) is 45.6 Å². The van der Waals surface area contributed by atoms with Gasteiger partial charge in [-0.2, -0.15) is 5.10 Å². The van der Waals surface area contributed by atoms with Crippen LogP contribution in [-0.2, 0) is 11.8 Å². The number of hydrogen-bond acceptors (Lipinski definition) is 3. The molecule has 1 fully saturated rings. The molecule has 0 aliphatic heterocycles. The third kappa shape index (κ3) is 2.99. The molecule has 2 rings (SSSR count). The van der Waals surface area contributed by atoms with Crippen LogP contribution in [-0.4, -0.2) is 22.2 Å². The molecule has 20 heavy (non-hydrogen) atoms. The third-order valence-corrected chi connectivity index (χ3v) is 4.52. The van der Waals surface area contributed by atoms with Crippen molar-refractivity contribution >= 4 is 18.3 Å². The third-order valence-electron chi connectivity index (χ3n) is 4.52. The average Bonchev–Trinajstić information content (AvgIpc) is 2.99. The van der Waals surface area contributed by atoms with E-state index in [1.54, 1.807) is 0 Å². The van der Waals surface area contributed by atoms with Crippen molar-refractivity contribution in [3.63, 3.8) is 0 Å². The molecule has 0 spiro atoms.